The molecule has 1 aromatic heterocycles. The molecule has 1 amide bonds. The zero-order valence-corrected chi connectivity index (χ0v) is 13.2. The molecule has 2 aromatic carbocycles. The molecule has 0 unspecified atom stereocenters. The number of aromatic nitrogens is 2. The van der Waals surface area contributed by atoms with Crippen molar-refractivity contribution in [1.29, 1.82) is 0 Å². The van der Waals surface area contributed by atoms with Crippen LogP contribution in [0, 0.1) is 6.92 Å². The second kappa shape index (κ2) is 6.43. The zero-order chi connectivity index (χ0) is 18.0. The fourth-order valence-electron chi connectivity index (χ4n) is 2.49. The summed E-state index contributed by atoms with van der Waals surface area (Å²) in [4.78, 5) is 12.4. The van der Waals surface area contributed by atoms with Crippen LogP contribution >= 0.6 is 0 Å². The maximum Gasteiger partial charge on any atom is 0.418 e. The third kappa shape index (κ3) is 3.40. The number of carbonyl (C=O) groups excluding carboxylic acids is 1. The highest BCUT2D eigenvalue weighted by atomic mass is 19.4. The molecule has 0 atom stereocenters. The average Bonchev–Trinajstić information content (AvgIpc) is 2.97. The number of hydrogen-bond acceptors (Lipinski definition) is 2. The Hall–Kier alpha value is -3.09. The third-order valence-electron chi connectivity index (χ3n) is 3.74. The molecule has 0 radical (unpaired) electrons. The molecule has 1 heterocycles. The Bertz CT molecular complexity index is 901. The molecule has 0 bridgehead atoms. The number of rotatable bonds is 3. The summed E-state index contributed by atoms with van der Waals surface area (Å²) in [6.45, 7) is 1.69. The van der Waals surface area contributed by atoms with Gasteiger partial charge in [0.25, 0.3) is 5.91 Å². The van der Waals surface area contributed by atoms with Gasteiger partial charge in [0.15, 0.2) is 0 Å². The van der Waals surface area contributed by atoms with E-state index in [0.29, 0.717) is 5.69 Å². The van der Waals surface area contributed by atoms with Crippen molar-refractivity contribution in [3.63, 3.8) is 0 Å². The summed E-state index contributed by atoms with van der Waals surface area (Å²) in [5.74, 6) is -0.642. The smallest absolute Gasteiger partial charge is 0.321 e. The third-order valence-corrected chi connectivity index (χ3v) is 3.74. The first-order valence-corrected chi connectivity index (χ1v) is 7.45. The van der Waals surface area contributed by atoms with Gasteiger partial charge in [-0.15, -0.1) is 0 Å². The van der Waals surface area contributed by atoms with E-state index in [4.69, 9.17) is 0 Å². The second-order valence-electron chi connectivity index (χ2n) is 5.39. The van der Waals surface area contributed by atoms with Gasteiger partial charge in [-0.3, -0.25) is 4.79 Å². The SMILES string of the molecule is Cc1c(C(=O)Nc2ccccc2C(F)(F)F)cnn1-c1ccccc1. The van der Waals surface area contributed by atoms with E-state index in [2.05, 4.69) is 10.4 Å². The maximum absolute atomic E-state index is 13.0. The number of hydrogen-bond donors (Lipinski definition) is 1. The van der Waals surface area contributed by atoms with Crippen LogP contribution in [0.3, 0.4) is 0 Å². The Morgan fingerprint density at radius 2 is 1.68 bits per heavy atom. The molecule has 25 heavy (non-hydrogen) atoms. The Labute approximate surface area is 141 Å². The minimum atomic E-state index is -4.55. The summed E-state index contributed by atoms with van der Waals surface area (Å²) >= 11 is 0. The summed E-state index contributed by atoms with van der Waals surface area (Å²) in [7, 11) is 0. The van der Waals surface area contributed by atoms with Crippen LogP contribution in [0.15, 0.2) is 60.8 Å². The number of nitrogens with one attached hydrogen (secondary N) is 1. The van der Waals surface area contributed by atoms with E-state index in [1.807, 2.05) is 30.3 Å². The van der Waals surface area contributed by atoms with Gasteiger partial charge in [0.05, 0.1) is 34.4 Å². The van der Waals surface area contributed by atoms with Crippen molar-refractivity contribution in [2.45, 2.75) is 13.1 Å². The molecule has 3 rings (SSSR count). The number of amides is 1. The normalized spacial score (nSPS) is 11.4. The summed E-state index contributed by atoms with van der Waals surface area (Å²) in [6.07, 6.45) is -3.21. The zero-order valence-electron chi connectivity index (χ0n) is 13.2. The molecule has 0 saturated carbocycles. The van der Waals surface area contributed by atoms with Crippen molar-refractivity contribution < 1.29 is 18.0 Å². The lowest BCUT2D eigenvalue weighted by Crippen LogP contribution is -2.17. The first-order valence-electron chi connectivity index (χ1n) is 7.45. The molecular weight excluding hydrogens is 331 g/mol. The standard InChI is InChI=1S/C18H14F3N3O/c1-12-14(11-22-24(12)13-7-3-2-4-8-13)17(25)23-16-10-6-5-9-15(16)18(19,20)21/h2-11H,1H3,(H,23,25). The van der Waals surface area contributed by atoms with Crippen LogP contribution in [0.1, 0.15) is 21.6 Å². The van der Waals surface area contributed by atoms with E-state index in [-0.39, 0.29) is 11.3 Å². The van der Waals surface area contributed by atoms with E-state index < -0.39 is 17.6 Å². The van der Waals surface area contributed by atoms with Crippen LogP contribution in [-0.4, -0.2) is 15.7 Å². The molecule has 0 aliphatic rings. The lowest BCUT2D eigenvalue weighted by molar-refractivity contribution is -0.136. The topological polar surface area (TPSA) is 46.9 Å². The van der Waals surface area contributed by atoms with Crippen molar-refractivity contribution in [1.82, 2.24) is 9.78 Å². The molecule has 0 aliphatic carbocycles. The Morgan fingerprint density at radius 1 is 1.04 bits per heavy atom. The van der Waals surface area contributed by atoms with Gasteiger partial charge in [-0.25, -0.2) is 4.68 Å². The highest BCUT2D eigenvalue weighted by Gasteiger charge is 2.33. The number of nitrogens with zero attached hydrogens (tertiary/aromatic N) is 2. The monoisotopic (exact) mass is 345 g/mol. The Kier molecular flexibility index (Phi) is 4.31. The average molecular weight is 345 g/mol. The van der Waals surface area contributed by atoms with Crippen LogP contribution in [0.5, 0.6) is 0 Å². The van der Waals surface area contributed by atoms with E-state index in [1.54, 1.807) is 11.6 Å². The number of para-hydroxylation sites is 2. The molecule has 0 aliphatic heterocycles. The second-order valence-corrected chi connectivity index (χ2v) is 5.39. The van der Waals surface area contributed by atoms with Gasteiger partial charge in [-0.1, -0.05) is 30.3 Å². The van der Waals surface area contributed by atoms with Gasteiger partial charge in [0.2, 0.25) is 0 Å². The predicted molar refractivity (Wildman–Crippen MR) is 87.7 cm³/mol. The lowest BCUT2D eigenvalue weighted by atomic mass is 10.1. The van der Waals surface area contributed by atoms with Crippen LogP contribution in [0.4, 0.5) is 18.9 Å². The van der Waals surface area contributed by atoms with Crippen LogP contribution < -0.4 is 5.32 Å². The minimum Gasteiger partial charge on any atom is -0.321 e. The van der Waals surface area contributed by atoms with Crippen molar-refractivity contribution in [2.24, 2.45) is 0 Å². The number of benzene rings is 2. The van der Waals surface area contributed by atoms with Crippen molar-refractivity contribution >= 4 is 11.6 Å². The molecular formula is C18H14F3N3O. The largest absolute Gasteiger partial charge is 0.418 e. The van der Waals surface area contributed by atoms with Crippen LogP contribution in [0.2, 0.25) is 0 Å². The van der Waals surface area contributed by atoms with Gasteiger partial charge in [0, 0.05) is 0 Å². The number of carbonyl (C=O) groups is 1. The lowest BCUT2D eigenvalue weighted by Gasteiger charge is -2.13. The summed E-state index contributed by atoms with van der Waals surface area (Å²) in [6, 6.07) is 14.0. The predicted octanol–water partition coefficient (Wildman–Crippen LogP) is 4.45. The molecule has 128 valence electrons. The quantitative estimate of drug-likeness (QED) is 0.762. The Balaban J connectivity index is 1.90. The highest BCUT2D eigenvalue weighted by Crippen LogP contribution is 2.34. The number of alkyl halides is 3. The Morgan fingerprint density at radius 3 is 2.36 bits per heavy atom. The van der Waals surface area contributed by atoms with Crippen molar-refractivity contribution in [3.05, 3.63) is 77.6 Å². The van der Waals surface area contributed by atoms with Crippen molar-refractivity contribution in [2.75, 3.05) is 5.32 Å². The van der Waals surface area contributed by atoms with E-state index >= 15 is 0 Å². The molecule has 3 aromatic rings. The highest BCUT2D eigenvalue weighted by molar-refractivity contribution is 6.05. The minimum absolute atomic E-state index is 0.209. The first kappa shape index (κ1) is 16.8. The molecule has 7 heteroatoms. The molecule has 0 spiro atoms. The van der Waals surface area contributed by atoms with E-state index in [1.165, 1.54) is 24.4 Å². The summed E-state index contributed by atoms with van der Waals surface area (Å²) < 4.78 is 40.7. The fraction of sp³-hybridized carbons (Fsp3) is 0.111. The number of anilines is 1. The number of halogens is 3. The first-order chi connectivity index (χ1) is 11.9. The molecule has 4 nitrogen and oxygen atoms in total. The molecule has 0 saturated heterocycles. The van der Waals surface area contributed by atoms with Gasteiger partial charge >= 0.3 is 6.18 Å². The van der Waals surface area contributed by atoms with Gasteiger partial charge < -0.3 is 5.32 Å². The van der Waals surface area contributed by atoms with Crippen LogP contribution in [-0.2, 0) is 6.18 Å². The van der Waals surface area contributed by atoms with Crippen molar-refractivity contribution in [3.8, 4) is 5.69 Å². The van der Waals surface area contributed by atoms with Gasteiger partial charge in [-0.05, 0) is 31.2 Å². The summed E-state index contributed by atoms with van der Waals surface area (Å²) in [5.41, 5.74) is 0.326. The molecule has 0 fully saturated rings. The summed E-state index contributed by atoms with van der Waals surface area (Å²) in [5, 5.41) is 6.48. The van der Waals surface area contributed by atoms with Gasteiger partial charge in [-0.2, -0.15) is 18.3 Å². The fourth-order valence-corrected chi connectivity index (χ4v) is 2.49. The van der Waals surface area contributed by atoms with Gasteiger partial charge in [0.1, 0.15) is 0 Å². The van der Waals surface area contributed by atoms with E-state index in [0.717, 1.165) is 11.8 Å². The van der Waals surface area contributed by atoms with E-state index in [9.17, 15) is 18.0 Å². The maximum atomic E-state index is 13.0. The molecule has 1 N–H and O–H groups in total. The van der Waals surface area contributed by atoms with Crippen LogP contribution in [0.25, 0.3) is 5.69 Å².